The molecule has 0 saturated carbocycles. The van der Waals surface area contributed by atoms with Crippen molar-refractivity contribution in [1.29, 1.82) is 0 Å². The third-order valence-corrected chi connectivity index (χ3v) is 5.32. The van der Waals surface area contributed by atoms with Gasteiger partial charge in [-0.15, -0.1) is 0 Å². The SMILES string of the molecule is CCOC(=O)N1CCC2(CC1)CC(=O)c1cc(-c3ccc(C=O)o3)ccc1O2. The first-order valence-electron chi connectivity index (χ1n) is 9.37. The summed E-state index contributed by atoms with van der Waals surface area (Å²) in [6, 6.07) is 8.61. The molecule has 0 N–H and O–H groups in total. The summed E-state index contributed by atoms with van der Waals surface area (Å²) in [6.45, 7) is 3.12. The fourth-order valence-electron chi connectivity index (χ4n) is 3.81. The molecule has 2 aromatic rings. The molecule has 1 aromatic carbocycles. The standard InChI is InChI=1S/C21H21NO6/c1-2-26-20(25)22-9-7-21(8-10-22)12-17(24)16-11-14(3-5-19(16)28-21)18-6-4-15(13-23)27-18/h3-6,11,13H,2,7-10,12H2,1H3. The molecular weight excluding hydrogens is 362 g/mol. The van der Waals surface area contributed by atoms with Crippen LogP contribution in [0.5, 0.6) is 5.75 Å². The number of carbonyl (C=O) groups excluding carboxylic acids is 3. The van der Waals surface area contributed by atoms with Crippen LogP contribution in [-0.4, -0.2) is 48.4 Å². The van der Waals surface area contributed by atoms with Crippen LogP contribution in [0.25, 0.3) is 11.3 Å². The summed E-state index contributed by atoms with van der Waals surface area (Å²) in [4.78, 5) is 37.2. The van der Waals surface area contributed by atoms with Crippen molar-refractivity contribution in [2.75, 3.05) is 19.7 Å². The lowest BCUT2D eigenvalue weighted by molar-refractivity contribution is -0.00858. The van der Waals surface area contributed by atoms with Crippen LogP contribution in [0.15, 0.2) is 34.7 Å². The Hall–Kier alpha value is -3.09. The van der Waals surface area contributed by atoms with E-state index in [9.17, 15) is 14.4 Å². The van der Waals surface area contributed by atoms with E-state index in [1.165, 1.54) is 0 Å². The number of aldehydes is 1. The maximum atomic E-state index is 12.8. The van der Waals surface area contributed by atoms with Crippen molar-refractivity contribution in [2.45, 2.75) is 31.8 Å². The minimum atomic E-state index is -0.579. The van der Waals surface area contributed by atoms with Crippen LogP contribution in [0, 0.1) is 0 Å². The summed E-state index contributed by atoms with van der Waals surface area (Å²) in [6.07, 6.45) is 1.76. The van der Waals surface area contributed by atoms with Gasteiger partial charge in [0.2, 0.25) is 0 Å². The number of likely N-dealkylation sites (tertiary alicyclic amines) is 1. The first kappa shape index (κ1) is 18.3. The molecule has 2 aliphatic heterocycles. The third-order valence-electron chi connectivity index (χ3n) is 5.32. The zero-order chi connectivity index (χ0) is 19.7. The molecule has 1 amide bonds. The summed E-state index contributed by atoms with van der Waals surface area (Å²) in [5.74, 6) is 1.32. The molecule has 0 atom stereocenters. The van der Waals surface area contributed by atoms with E-state index in [-0.39, 0.29) is 24.1 Å². The summed E-state index contributed by atoms with van der Waals surface area (Å²) < 4.78 is 16.7. The molecule has 1 saturated heterocycles. The Labute approximate surface area is 162 Å². The quantitative estimate of drug-likeness (QED) is 0.751. The molecule has 146 valence electrons. The zero-order valence-electron chi connectivity index (χ0n) is 15.6. The second kappa shape index (κ2) is 7.14. The number of amides is 1. The largest absolute Gasteiger partial charge is 0.486 e. The van der Waals surface area contributed by atoms with E-state index in [1.54, 1.807) is 36.1 Å². The van der Waals surface area contributed by atoms with E-state index in [4.69, 9.17) is 13.9 Å². The van der Waals surface area contributed by atoms with E-state index in [0.717, 1.165) is 5.56 Å². The molecule has 7 nitrogen and oxygen atoms in total. The van der Waals surface area contributed by atoms with E-state index in [2.05, 4.69) is 0 Å². The molecule has 2 aliphatic rings. The lowest BCUT2D eigenvalue weighted by Gasteiger charge is -2.43. The Morgan fingerprint density at radius 3 is 2.71 bits per heavy atom. The Balaban J connectivity index is 1.52. The van der Waals surface area contributed by atoms with Gasteiger partial charge in [0.15, 0.2) is 17.8 Å². The van der Waals surface area contributed by atoms with Gasteiger partial charge in [-0.2, -0.15) is 0 Å². The van der Waals surface area contributed by atoms with Gasteiger partial charge in [0.05, 0.1) is 18.6 Å². The first-order valence-corrected chi connectivity index (χ1v) is 9.37. The Morgan fingerprint density at radius 2 is 2.04 bits per heavy atom. The number of furan rings is 1. The van der Waals surface area contributed by atoms with Gasteiger partial charge in [-0.05, 0) is 37.3 Å². The van der Waals surface area contributed by atoms with Gasteiger partial charge >= 0.3 is 6.09 Å². The number of hydrogen-bond donors (Lipinski definition) is 0. The van der Waals surface area contributed by atoms with Gasteiger partial charge in [-0.1, -0.05) is 0 Å². The molecule has 3 heterocycles. The van der Waals surface area contributed by atoms with Gasteiger partial charge in [0.1, 0.15) is 17.1 Å². The van der Waals surface area contributed by atoms with E-state index in [0.29, 0.717) is 55.9 Å². The Morgan fingerprint density at radius 1 is 1.25 bits per heavy atom. The molecule has 0 radical (unpaired) electrons. The molecule has 1 aromatic heterocycles. The van der Waals surface area contributed by atoms with Crippen molar-refractivity contribution in [1.82, 2.24) is 4.90 Å². The number of fused-ring (bicyclic) bond motifs is 1. The van der Waals surface area contributed by atoms with Gasteiger partial charge in [0.25, 0.3) is 0 Å². The van der Waals surface area contributed by atoms with Gasteiger partial charge in [-0.25, -0.2) is 4.79 Å². The highest BCUT2D eigenvalue weighted by atomic mass is 16.6. The third kappa shape index (κ3) is 3.28. The fourth-order valence-corrected chi connectivity index (χ4v) is 3.81. The number of nitrogens with zero attached hydrogens (tertiary/aromatic N) is 1. The number of rotatable bonds is 3. The van der Waals surface area contributed by atoms with Crippen LogP contribution < -0.4 is 4.74 Å². The molecule has 1 fully saturated rings. The van der Waals surface area contributed by atoms with Crippen LogP contribution >= 0.6 is 0 Å². The van der Waals surface area contributed by atoms with Crippen LogP contribution in [0.1, 0.15) is 47.1 Å². The molecule has 28 heavy (non-hydrogen) atoms. The highest BCUT2D eigenvalue weighted by molar-refractivity contribution is 6.01. The smallest absolute Gasteiger partial charge is 0.409 e. The molecule has 0 bridgehead atoms. The number of ether oxygens (including phenoxy) is 2. The van der Waals surface area contributed by atoms with Crippen molar-refractivity contribution in [3.8, 4) is 17.1 Å². The minimum Gasteiger partial charge on any atom is -0.486 e. The molecule has 0 aliphatic carbocycles. The summed E-state index contributed by atoms with van der Waals surface area (Å²) in [5.41, 5.74) is 0.654. The van der Waals surface area contributed by atoms with Crippen molar-refractivity contribution < 1.29 is 28.3 Å². The van der Waals surface area contributed by atoms with E-state index < -0.39 is 5.60 Å². The average Bonchev–Trinajstić information content (AvgIpc) is 3.18. The molecule has 4 rings (SSSR count). The van der Waals surface area contributed by atoms with Gasteiger partial charge < -0.3 is 18.8 Å². The number of piperidine rings is 1. The van der Waals surface area contributed by atoms with Crippen LogP contribution in [-0.2, 0) is 4.74 Å². The minimum absolute atomic E-state index is 0.00912. The number of ketones is 1. The number of carbonyl (C=O) groups is 3. The molecule has 0 unspecified atom stereocenters. The first-order chi connectivity index (χ1) is 13.5. The highest BCUT2D eigenvalue weighted by Gasteiger charge is 2.44. The normalized spacial score (nSPS) is 17.8. The molecule has 1 spiro atoms. The van der Waals surface area contributed by atoms with Crippen LogP contribution in [0.4, 0.5) is 4.79 Å². The van der Waals surface area contributed by atoms with Crippen molar-refractivity contribution in [3.63, 3.8) is 0 Å². The lowest BCUT2D eigenvalue weighted by Crippen LogP contribution is -2.52. The highest BCUT2D eigenvalue weighted by Crippen LogP contribution is 2.41. The Kier molecular flexibility index (Phi) is 4.66. The van der Waals surface area contributed by atoms with Crippen LogP contribution in [0.2, 0.25) is 0 Å². The maximum absolute atomic E-state index is 12.8. The zero-order valence-corrected chi connectivity index (χ0v) is 15.6. The lowest BCUT2D eigenvalue weighted by atomic mass is 9.82. The number of benzene rings is 1. The Bertz CT molecular complexity index is 923. The van der Waals surface area contributed by atoms with Gasteiger partial charge in [0, 0.05) is 31.5 Å². The van der Waals surface area contributed by atoms with Crippen molar-refractivity contribution in [2.24, 2.45) is 0 Å². The average molecular weight is 383 g/mol. The molecular formula is C21H21NO6. The summed E-state index contributed by atoms with van der Waals surface area (Å²) in [5, 5.41) is 0. The number of hydrogen-bond acceptors (Lipinski definition) is 6. The predicted octanol–water partition coefficient (Wildman–Crippen LogP) is 3.72. The predicted molar refractivity (Wildman–Crippen MR) is 99.7 cm³/mol. The summed E-state index contributed by atoms with van der Waals surface area (Å²) in [7, 11) is 0. The topological polar surface area (TPSA) is 86.0 Å². The second-order valence-corrected chi connectivity index (χ2v) is 7.10. The summed E-state index contributed by atoms with van der Waals surface area (Å²) >= 11 is 0. The second-order valence-electron chi connectivity index (χ2n) is 7.10. The molecule has 7 heteroatoms. The van der Waals surface area contributed by atoms with Crippen molar-refractivity contribution >= 4 is 18.2 Å². The van der Waals surface area contributed by atoms with E-state index in [1.807, 2.05) is 6.07 Å². The fraction of sp³-hybridized carbons (Fsp3) is 0.381. The number of Topliss-reactive ketones (excluding diaryl/α,β-unsaturated/α-hetero) is 1. The van der Waals surface area contributed by atoms with E-state index >= 15 is 0 Å². The monoisotopic (exact) mass is 383 g/mol. The van der Waals surface area contributed by atoms with Crippen LogP contribution in [0.3, 0.4) is 0 Å². The van der Waals surface area contributed by atoms with Crippen molar-refractivity contribution in [3.05, 3.63) is 41.7 Å². The van der Waals surface area contributed by atoms with Gasteiger partial charge in [-0.3, -0.25) is 9.59 Å². The maximum Gasteiger partial charge on any atom is 0.409 e.